The van der Waals surface area contributed by atoms with Gasteiger partial charge in [0.1, 0.15) is 0 Å². The molecular weight excluding hydrogens is 240 g/mol. The van der Waals surface area contributed by atoms with Crippen LogP contribution in [0.4, 0.5) is 0 Å². The molecule has 3 rings (SSSR count). The quantitative estimate of drug-likeness (QED) is 0.824. The summed E-state index contributed by atoms with van der Waals surface area (Å²) in [6.45, 7) is 3.32. The van der Waals surface area contributed by atoms with E-state index >= 15 is 0 Å². The van der Waals surface area contributed by atoms with Gasteiger partial charge in [0.2, 0.25) is 5.91 Å². The van der Waals surface area contributed by atoms with E-state index in [4.69, 9.17) is 4.74 Å². The summed E-state index contributed by atoms with van der Waals surface area (Å²) >= 11 is 0. The van der Waals surface area contributed by atoms with Crippen molar-refractivity contribution in [2.24, 2.45) is 5.92 Å². The highest BCUT2D eigenvalue weighted by Crippen LogP contribution is 2.35. The van der Waals surface area contributed by atoms with Gasteiger partial charge in [-0.2, -0.15) is 0 Å². The zero-order valence-corrected chi connectivity index (χ0v) is 11.8. The van der Waals surface area contributed by atoms with E-state index in [0.29, 0.717) is 25.0 Å². The molecule has 3 fully saturated rings. The lowest BCUT2D eigenvalue weighted by Gasteiger charge is -2.44. The Morgan fingerprint density at radius 2 is 2.05 bits per heavy atom. The molecule has 0 aromatic carbocycles. The van der Waals surface area contributed by atoms with Crippen LogP contribution in [0.1, 0.15) is 44.9 Å². The number of carbonyl (C=O) groups excluding carboxylic acids is 1. The van der Waals surface area contributed by atoms with Gasteiger partial charge in [0.15, 0.2) is 0 Å². The summed E-state index contributed by atoms with van der Waals surface area (Å²) in [5.41, 5.74) is 0. The van der Waals surface area contributed by atoms with Crippen LogP contribution >= 0.6 is 0 Å². The van der Waals surface area contributed by atoms with Crippen LogP contribution in [-0.2, 0) is 9.53 Å². The summed E-state index contributed by atoms with van der Waals surface area (Å²) in [7, 11) is 0. The highest BCUT2D eigenvalue weighted by Gasteiger charge is 2.36. The number of morpholine rings is 1. The lowest BCUT2D eigenvalue weighted by atomic mass is 9.78. The molecule has 19 heavy (non-hydrogen) atoms. The number of amides is 1. The van der Waals surface area contributed by atoms with Crippen molar-refractivity contribution in [3.05, 3.63) is 0 Å². The van der Waals surface area contributed by atoms with Crippen molar-refractivity contribution < 1.29 is 9.53 Å². The maximum atomic E-state index is 12.6. The van der Waals surface area contributed by atoms with Crippen LogP contribution in [0.3, 0.4) is 0 Å². The molecule has 1 N–H and O–H groups in total. The highest BCUT2D eigenvalue weighted by molar-refractivity contribution is 5.77. The number of rotatable bonds is 2. The number of ether oxygens (including phenoxy) is 1. The van der Waals surface area contributed by atoms with Crippen molar-refractivity contribution in [3.63, 3.8) is 0 Å². The Bertz CT molecular complexity index is 313. The van der Waals surface area contributed by atoms with Crippen LogP contribution in [0.15, 0.2) is 0 Å². The van der Waals surface area contributed by atoms with Gasteiger partial charge in [-0.05, 0) is 31.6 Å². The van der Waals surface area contributed by atoms with E-state index in [-0.39, 0.29) is 6.04 Å². The molecule has 2 saturated heterocycles. The van der Waals surface area contributed by atoms with Crippen molar-refractivity contribution in [2.75, 3.05) is 26.3 Å². The van der Waals surface area contributed by atoms with Gasteiger partial charge in [-0.25, -0.2) is 0 Å². The first kappa shape index (κ1) is 13.4. The van der Waals surface area contributed by atoms with Gasteiger partial charge >= 0.3 is 0 Å². The second kappa shape index (κ2) is 6.23. The smallest absolute Gasteiger partial charge is 0.224 e. The van der Waals surface area contributed by atoms with Gasteiger partial charge in [0.25, 0.3) is 0 Å². The topological polar surface area (TPSA) is 41.6 Å². The molecule has 0 bridgehead atoms. The molecule has 3 atom stereocenters. The first-order valence-corrected chi connectivity index (χ1v) is 7.95. The van der Waals surface area contributed by atoms with Crippen LogP contribution in [0.2, 0.25) is 0 Å². The Labute approximate surface area is 115 Å². The monoisotopic (exact) mass is 266 g/mol. The SMILES string of the molecule is O=C(CC1COCCN1)N1CCCC2CCCCC21. The minimum absolute atomic E-state index is 0.227. The van der Waals surface area contributed by atoms with Crippen molar-refractivity contribution in [3.8, 4) is 0 Å². The van der Waals surface area contributed by atoms with Gasteiger partial charge in [-0.3, -0.25) is 4.79 Å². The molecule has 3 aliphatic rings. The molecule has 0 radical (unpaired) electrons. The molecule has 3 unspecified atom stereocenters. The minimum Gasteiger partial charge on any atom is -0.378 e. The predicted molar refractivity (Wildman–Crippen MR) is 73.9 cm³/mol. The Balaban J connectivity index is 1.58. The van der Waals surface area contributed by atoms with E-state index in [2.05, 4.69) is 10.2 Å². The summed E-state index contributed by atoms with van der Waals surface area (Å²) in [6.07, 6.45) is 8.37. The van der Waals surface area contributed by atoms with E-state index in [9.17, 15) is 4.79 Å². The van der Waals surface area contributed by atoms with Crippen LogP contribution in [0.25, 0.3) is 0 Å². The first-order valence-electron chi connectivity index (χ1n) is 7.95. The average Bonchev–Trinajstić information content (AvgIpc) is 2.47. The Morgan fingerprint density at radius 1 is 1.21 bits per heavy atom. The summed E-state index contributed by atoms with van der Waals surface area (Å²) in [6, 6.07) is 0.768. The molecule has 4 nitrogen and oxygen atoms in total. The molecular formula is C15H26N2O2. The summed E-state index contributed by atoms with van der Waals surface area (Å²) in [5, 5.41) is 3.39. The summed E-state index contributed by atoms with van der Waals surface area (Å²) in [4.78, 5) is 14.7. The second-order valence-corrected chi connectivity index (χ2v) is 6.27. The third-order valence-corrected chi connectivity index (χ3v) is 4.98. The van der Waals surface area contributed by atoms with Gasteiger partial charge in [0, 0.05) is 31.6 Å². The predicted octanol–water partition coefficient (Wildman–Crippen LogP) is 1.55. The number of hydrogen-bond acceptors (Lipinski definition) is 3. The lowest BCUT2D eigenvalue weighted by molar-refractivity contribution is -0.138. The van der Waals surface area contributed by atoms with Crippen LogP contribution in [-0.4, -0.2) is 49.2 Å². The zero-order chi connectivity index (χ0) is 13.1. The highest BCUT2D eigenvalue weighted by atomic mass is 16.5. The van der Waals surface area contributed by atoms with Gasteiger partial charge in [-0.15, -0.1) is 0 Å². The number of hydrogen-bond donors (Lipinski definition) is 1. The Morgan fingerprint density at radius 3 is 2.89 bits per heavy atom. The maximum Gasteiger partial charge on any atom is 0.224 e. The fourth-order valence-electron chi connectivity index (χ4n) is 4.01. The molecule has 0 spiro atoms. The molecule has 2 aliphatic heterocycles. The molecule has 0 aromatic heterocycles. The maximum absolute atomic E-state index is 12.6. The normalized spacial score (nSPS) is 35.8. The van der Waals surface area contributed by atoms with Crippen molar-refractivity contribution in [1.29, 1.82) is 0 Å². The third-order valence-electron chi connectivity index (χ3n) is 4.98. The second-order valence-electron chi connectivity index (χ2n) is 6.27. The number of likely N-dealkylation sites (tertiary alicyclic amines) is 1. The number of piperidine rings is 1. The fourth-order valence-corrected chi connectivity index (χ4v) is 4.01. The standard InChI is InChI=1S/C15H26N2O2/c18-15(10-13-11-19-9-7-16-13)17-8-3-5-12-4-1-2-6-14(12)17/h12-14,16H,1-11H2. The summed E-state index contributed by atoms with van der Waals surface area (Å²) in [5.74, 6) is 1.13. The zero-order valence-electron chi connectivity index (χ0n) is 11.8. The number of fused-ring (bicyclic) bond motifs is 1. The van der Waals surface area contributed by atoms with Crippen LogP contribution in [0.5, 0.6) is 0 Å². The van der Waals surface area contributed by atoms with E-state index < -0.39 is 0 Å². The van der Waals surface area contributed by atoms with Gasteiger partial charge < -0.3 is 15.0 Å². The minimum atomic E-state index is 0.227. The van der Waals surface area contributed by atoms with E-state index in [1.54, 1.807) is 0 Å². The fraction of sp³-hybridized carbons (Fsp3) is 0.933. The van der Waals surface area contributed by atoms with Crippen LogP contribution < -0.4 is 5.32 Å². The number of nitrogens with zero attached hydrogens (tertiary/aromatic N) is 1. The van der Waals surface area contributed by atoms with Gasteiger partial charge in [-0.1, -0.05) is 12.8 Å². The lowest BCUT2D eigenvalue weighted by Crippen LogP contribution is -2.52. The van der Waals surface area contributed by atoms with Crippen molar-refractivity contribution >= 4 is 5.91 Å². The third kappa shape index (κ3) is 3.11. The number of nitrogens with one attached hydrogen (secondary N) is 1. The molecule has 4 heteroatoms. The summed E-state index contributed by atoms with van der Waals surface area (Å²) < 4.78 is 5.44. The van der Waals surface area contributed by atoms with Gasteiger partial charge in [0.05, 0.1) is 13.2 Å². The molecule has 108 valence electrons. The Hall–Kier alpha value is -0.610. The molecule has 1 aliphatic carbocycles. The average molecular weight is 266 g/mol. The molecule has 0 aromatic rings. The van der Waals surface area contributed by atoms with E-state index in [0.717, 1.165) is 25.6 Å². The molecule has 1 amide bonds. The van der Waals surface area contributed by atoms with Crippen LogP contribution in [0, 0.1) is 5.92 Å². The van der Waals surface area contributed by atoms with Crippen molar-refractivity contribution in [1.82, 2.24) is 10.2 Å². The molecule has 2 heterocycles. The van der Waals surface area contributed by atoms with Crippen molar-refractivity contribution in [2.45, 2.75) is 57.0 Å². The van der Waals surface area contributed by atoms with E-state index in [1.807, 2.05) is 0 Å². The largest absolute Gasteiger partial charge is 0.378 e. The number of carbonyl (C=O) groups is 1. The molecule has 1 saturated carbocycles. The van der Waals surface area contributed by atoms with E-state index in [1.165, 1.54) is 38.5 Å². The first-order chi connectivity index (χ1) is 9.34. The Kier molecular flexibility index (Phi) is 4.38.